The van der Waals surface area contributed by atoms with E-state index in [4.69, 9.17) is 0 Å². The number of carbonyl (C=O) groups is 1. The molecule has 1 amide bonds. The molecular weight excluding hydrogens is 378 g/mol. The minimum absolute atomic E-state index is 0.202. The summed E-state index contributed by atoms with van der Waals surface area (Å²) >= 11 is 1.94. The average molecular weight is 414 g/mol. The van der Waals surface area contributed by atoms with Gasteiger partial charge < -0.3 is 14.7 Å². The lowest BCUT2D eigenvalue weighted by Crippen LogP contribution is -2.50. The predicted molar refractivity (Wildman–Crippen MR) is 122 cm³/mol. The maximum absolute atomic E-state index is 12.7. The molecule has 0 radical (unpaired) electrons. The molecule has 5 heteroatoms. The molecule has 1 spiro atoms. The molecule has 1 saturated carbocycles. The van der Waals surface area contributed by atoms with E-state index in [0.717, 1.165) is 36.2 Å². The van der Waals surface area contributed by atoms with Gasteiger partial charge in [-0.25, -0.2) is 0 Å². The normalized spacial score (nSPS) is 25.8. The summed E-state index contributed by atoms with van der Waals surface area (Å²) in [5.74, 6) is 2.34. The lowest BCUT2D eigenvalue weighted by Gasteiger charge is -2.50. The van der Waals surface area contributed by atoms with Gasteiger partial charge in [-0.1, -0.05) is 6.42 Å². The van der Waals surface area contributed by atoms with Crippen LogP contribution in [0.1, 0.15) is 55.3 Å². The molecule has 3 saturated heterocycles. The number of benzene rings is 1. The van der Waals surface area contributed by atoms with Crippen molar-refractivity contribution in [3.63, 3.8) is 0 Å². The maximum Gasteiger partial charge on any atom is 0.253 e. The highest BCUT2D eigenvalue weighted by Crippen LogP contribution is 2.43. The van der Waals surface area contributed by atoms with Crippen molar-refractivity contribution in [3.05, 3.63) is 29.8 Å². The van der Waals surface area contributed by atoms with E-state index in [2.05, 4.69) is 21.9 Å². The number of rotatable bonds is 3. The first-order chi connectivity index (χ1) is 14.2. The van der Waals surface area contributed by atoms with Crippen molar-refractivity contribution in [3.8, 4) is 0 Å². The number of hydrogen-bond acceptors (Lipinski definition) is 4. The van der Waals surface area contributed by atoms with Crippen molar-refractivity contribution in [2.45, 2.75) is 51.0 Å². The lowest BCUT2D eigenvalue weighted by atomic mass is 9.70. The molecule has 3 heterocycles. The molecule has 5 rings (SSSR count). The third-order valence-electron chi connectivity index (χ3n) is 8.05. The third-order valence-corrected chi connectivity index (χ3v) is 8.99. The van der Waals surface area contributed by atoms with Crippen molar-refractivity contribution in [2.24, 2.45) is 5.41 Å². The first-order valence-electron chi connectivity index (χ1n) is 11.7. The van der Waals surface area contributed by atoms with E-state index in [0.29, 0.717) is 5.41 Å². The quantitative estimate of drug-likeness (QED) is 0.745. The van der Waals surface area contributed by atoms with Crippen molar-refractivity contribution in [1.82, 2.24) is 9.80 Å². The van der Waals surface area contributed by atoms with Crippen LogP contribution in [0.5, 0.6) is 0 Å². The highest BCUT2D eigenvalue weighted by Gasteiger charge is 2.39. The van der Waals surface area contributed by atoms with Crippen LogP contribution in [0.15, 0.2) is 24.3 Å². The van der Waals surface area contributed by atoms with Crippen LogP contribution in [0.4, 0.5) is 5.69 Å². The smallest absolute Gasteiger partial charge is 0.253 e. The van der Waals surface area contributed by atoms with Gasteiger partial charge in [-0.05, 0) is 81.3 Å². The Hall–Kier alpha value is -1.20. The molecule has 3 aliphatic heterocycles. The van der Waals surface area contributed by atoms with Crippen molar-refractivity contribution < 1.29 is 4.79 Å². The van der Waals surface area contributed by atoms with Gasteiger partial charge >= 0.3 is 0 Å². The molecule has 0 atom stereocenters. The Balaban J connectivity index is 1.14. The fourth-order valence-electron chi connectivity index (χ4n) is 5.62. The predicted octanol–water partition coefficient (Wildman–Crippen LogP) is 4.11. The van der Waals surface area contributed by atoms with Gasteiger partial charge in [0.25, 0.3) is 5.91 Å². The van der Waals surface area contributed by atoms with Crippen LogP contribution < -0.4 is 4.90 Å². The summed E-state index contributed by atoms with van der Waals surface area (Å²) in [6.45, 7) is 6.77. The average Bonchev–Trinajstić information content (AvgIpc) is 2.75. The van der Waals surface area contributed by atoms with Gasteiger partial charge in [0.15, 0.2) is 0 Å². The van der Waals surface area contributed by atoms with E-state index in [1.165, 1.54) is 76.8 Å². The monoisotopic (exact) mass is 413 g/mol. The SMILES string of the molecule is O=C(c1ccc(N2CCC3(CC2)CCN(C2CCC2)CC3)cc1)N1CCSCC1. The van der Waals surface area contributed by atoms with E-state index in [-0.39, 0.29) is 5.91 Å². The van der Waals surface area contributed by atoms with Crippen LogP contribution in [0.2, 0.25) is 0 Å². The van der Waals surface area contributed by atoms with E-state index < -0.39 is 0 Å². The van der Waals surface area contributed by atoms with Crippen molar-refractivity contribution >= 4 is 23.4 Å². The van der Waals surface area contributed by atoms with Crippen LogP contribution in [-0.4, -0.2) is 72.5 Å². The fraction of sp³-hybridized carbons (Fsp3) is 0.708. The summed E-state index contributed by atoms with van der Waals surface area (Å²) in [6.07, 6.45) is 9.79. The first kappa shape index (κ1) is 19.7. The van der Waals surface area contributed by atoms with Crippen molar-refractivity contribution in [2.75, 3.05) is 55.7 Å². The van der Waals surface area contributed by atoms with Crippen LogP contribution in [0.25, 0.3) is 0 Å². The summed E-state index contributed by atoms with van der Waals surface area (Å²) in [4.78, 5) is 20.0. The van der Waals surface area contributed by atoms with Gasteiger partial charge in [-0.15, -0.1) is 0 Å². The molecule has 1 aromatic carbocycles. The number of piperidine rings is 2. The summed E-state index contributed by atoms with van der Waals surface area (Å²) < 4.78 is 0. The molecule has 0 N–H and O–H groups in total. The van der Waals surface area contributed by atoms with Gasteiger partial charge in [-0.3, -0.25) is 4.79 Å². The molecular formula is C24H35N3OS. The second kappa shape index (κ2) is 8.50. The molecule has 1 aliphatic carbocycles. The number of hydrogen-bond donors (Lipinski definition) is 0. The Kier molecular flexibility index (Phi) is 5.79. The third kappa shape index (κ3) is 4.18. The number of thioether (sulfide) groups is 1. The molecule has 4 nitrogen and oxygen atoms in total. The number of anilines is 1. The number of carbonyl (C=O) groups excluding carboxylic acids is 1. The number of likely N-dealkylation sites (tertiary alicyclic amines) is 1. The Labute approximate surface area is 180 Å². The zero-order chi connectivity index (χ0) is 19.7. The zero-order valence-electron chi connectivity index (χ0n) is 17.7. The molecule has 4 fully saturated rings. The van der Waals surface area contributed by atoms with Crippen molar-refractivity contribution in [1.29, 1.82) is 0 Å². The first-order valence-corrected chi connectivity index (χ1v) is 12.8. The zero-order valence-corrected chi connectivity index (χ0v) is 18.5. The second-order valence-corrected chi connectivity index (χ2v) is 10.8. The van der Waals surface area contributed by atoms with E-state index in [9.17, 15) is 4.79 Å². The van der Waals surface area contributed by atoms with E-state index in [1.54, 1.807) is 0 Å². The summed E-state index contributed by atoms with van der Waals surface area (Å²) in [5.41, 5.74) is 2.73. The second-order valence-electron chi connectivity index (χ2n) is 9.56. The summed E-state index contributed by atoms with van der Waals surface area (Å²) in [6, 6.07) is 9.34. The Morgan fingerprint density at radius 2 is 1.48 bits per heavy atom. The summed E-state index contributed by atoms with van der Waals surface area (Å²) in [7, 11) is 0. The molecule has 0 unspecified atom stereocenters. The minimum Gasteiger partial charge on any atom is -0.371 e. The molecule has 158 valence electrons. The topological polar surface area (TPSA) is 26.8 Å². The van der Waals surface area contributed by atoms with Crippen LogP contribution in [0.3, 0.4) is 0 Å². The number of amides is 1. The largest absolute Gasteiger partial charge is 0.371 e. The summed E-state index contributed by atoms with van der Waals surface area (Å²) in [5, 5.41) is 0. The number of nitrogens with zero attached hydrogens (tertiary/aromatic N) is 3. The highest BCUT2D eigenvalue weighted by molar-refractivity contribution is 7.99. The van der Waals surface area contributed by atoms with E-state index >= 15 is 0 Å². The molecule has 29 heavy (non-hydrogen) atoms. The Bertz CT molecular complexity index is 693. The molecule has 0 aromatic heterocycles. The van der Waals surface area contributed by atoms with Gasteiger partial charge in [0.05, 0.1) is 0 Å². The maximum atomic E-state index is 12.7. The molecule has 0 bridgehead atoms. The van der Waals surface area contributed by atoms with Crippen LogP contribution in [0, 0.1) is 5.41 Å². The Morgan fingerprint density at radius 1 is 0.862 bits per heavy atom. The molecule has 4 aliphatic rings. The van der Waals surface area contributed by atoms with Gasteiger partial charge in [-0.2, -0.15) is 11.8 Å². The minimum atomic E-state index is 0.202. The van der Waals surface area contributed by atoms with Gasteiger partial charge in [0.2, 0.25) is 0 Å². The van der Waals surface area contributed by atoms with Crippen LogP contribution >= 0.6 is 11.8 Å². The fourth-order valence-corrected chi connectivity index (χ4v) is 6.52. The van der Waals surface area contributed by atoms with Crippen LogP contribution in [-0.2, 0) is 0 Å². The molecule has 1 aromatic rings. The van der Waals surface area contributed by atoms with Gasteiger partial charge in [0.1, 0.15) is 0 Å². The lowest BCUT2D eigenvalue weighted by molar-refractivity contribution is 0.0306. The van der Waals surface area contributed by atoms with Gasteiger partial charge in [0, 0.05) is 55.0 Å². The Morgan fingerprint density at radius 3 is 2.07 bits per heavy atom. The van der Waals surface area contributed by atoms with E-state index in [1.807, 2.05) is 28.8 Å². The standard InChI is InChI=1S/C24H35N3OS/c28-23(27-16-18-29-19-17-27)20-4-6-22(7-5-20)26-14-10-24(11-15-26)8-12-25(13-9-24)21-2-1-3-21/h4-7,21H,1-3,8-19H2. The highest BCUT2D eigenvalue weighted by atomic mass is 32.2.